The largest absolute Gasteiger partial charge is 0.508 e. The van der Waals surface area contributed by atoms with Crippen molar-refractivity contribution in [2.75, 3.05) is 27.3 Å². The lowest BCUT2D eigenvalue weighted by Gasteiger charge is -2.43. The van der Waals surface area contributed by atoms with Crippen molar-refractivity contribution in [3.8, 4) is 17.2 Å². The number of carbonyl (C=O) groups is 2. The summed E-state index contributed by atoms with van der Waals surface area (Å²) in [5.74, 6) is 1.53. The minimum absolute atomic E-state index is 0. The van der Waals surface area contributed by atoms with Crippen molar-refractivity contribution < 1.29 is 24.2 Å². The Kier molecular flexibility index (Phi) is 9.58. The van der Waals surface area contributed by atoms with Gasteiger partial charge in [-0.25, -0.2) is 5.01 Å². The number of piperidine rings is 1. The highest BCUT2D eigenvalue weighted by Gasteiger charge is 2.44. The zero-order valence-electron chi connectivity index (χ0n) is 23.1. The third-order valence-corrected chi connectivity index (χ3v) is 8.39. The second-order valence-corrected chi connectivity index (χ2v) is 10.8. The molecule has 2 amide bonds. The number of hydrogen-bond acceptors (Lipinski definition) is 7. The summed E-state index contributed by atoms with van der Waals surface area (Å²) < 4.78 is 11.0. The van der Waals surface area contributed by atoms with Crippen molar-refractivity contribution in [3.63, 3.8) is 0 Å². The van der Waals surface area contributed by atoms with Gasteiger partial charge in [0.1, 0.15) is 5.75 Å². The Morgan fingerprint density at radius 3 is 2.30 bits per heavy atom. The van der Waals surface area contributed by atoms with Gasteiger partial charge in [0, 0.05) is 30.5 Å². The molecule has 2 aromatic rings. The minimum Gasteiger partial charge on any atom is -0.508 e. The van der Waals surface area contributed by atoms with E-state index in [-0.39, 0.29) is 47.8 Å². The van der Waals surface area contributed by atoms with Gasteiger partial charge in [0.25, 0.3) is 0 Å². The molecule has 0 spiro atoms. The molecular formula is C30H39ClN4O5. The fourth-order valence-corrected chi connectivity index (χ4v) is 6.23. The average Bonchev–Trinajstić information content (AvgIpc) is 2.98. The summed E-state index contributed by atoms with van der Waals surface area (Å²) in [6.07, 6.45) is 5.68. The Morgan fingerprint density at radius 2 is 1.65 bits per heavy atom. The monoisotopic (exact) mass is 570 g/mol. The molecule has 3 atom stereocenters. The first-order valence-corrected chi connectivity index (χ1v) is 13.9. The first-order valence-electron chi connectivity index (χ1n) is 13.9. The molecule has 1 saturated carbocycles. The number of nitrogens with zero attached hydrogens (tertiary/aromatic N) is 3. The van der Waals surface area contributed by atoms with Crippen LogP contribution in [0.1, 0.15) is 49.7 Å². The molecular weight excluding hydrogens is 532 g/mol. The van der Waals surface area contributed by atoms with Crippen LogP contribution in [0.2, 0.25) is 0 Å². The van der Waals surface area contributed by atoms with Crippen molar-refractivity contribution >= 4 is 29.9 Å². The number of carbonyl (C=O) groups excluding carboxylic acids is 2. The van der Waals surface area contributed by atoms with Crippen molar-refractivity contribution in [1.29, 1.82) is 0 Å². The van der Waals surface area contributed by atoms with Gasteiger partial charge in [0.15, 0.2) is 11.5 Å². The molecule has 3 aliphatic rings. The maximum Gasteiger partial charge on any atom is 0.246 e. The second kappa shape index (κ2) is 12.9. The maximum absolute atomic E-state index is 13.7. The minimum atomic E-state index is -0.652. The summed E-state index contributed by atoms with van der Waals surface area (Å²) in [4.78, 5) is 28.5. The highest BCUT2D eigenvalue weighted by Crippen LogP contribution is 2.40. The van der Waals surface area contributed by atoms with E-state index in [0.29, 0.717) is 43.9 Å². The Morgan fingerprint density at radius 1 is 1.00 bits per heavy atom. The predicted octanol–water partition coefficient (Wildman–Crippen LogP) is 3.74. The first kappa shape index (κ1) is 29.7. The van der Waals surface area contributed by atoms with Crippen LogP contribution in [0.5, 0.6) is 17.2 Å². The summed E-state index contributed by atoms with van der Waals surface area (Å²) in [7, 11) is 3.24. The number of aromatic hydroxyl groups is 1. The SMILES string of the molecule is COc1ccc(C2=NN(C3CCN(C(=O)[C@H](N)Cc4ccc(O)cc4)CC3)C(=O)[C@@H]3CCCC[C@H]23)cc1OC.Cl. The Bertz CT molecular complexity index is 1230. The Labute approximate surface area is 241 Å². The molecule has 2 aromatic carbocycles. The lowest BCUT2D eigenvalue weighted by atomic mass is 9.73. The zero-order chi connectivity index (χ0) is 27.5. The number of rotatable bonds is 7. The Hall–Kier alpha value is -3.30. The number of amides is 2. The third-order valence-electron chi connectivity index (χ3n) is 8.39. The van der Waals surface area contributed by atoms with E-state index in [1.54, 1.807) is 48.4 Å². The summed E-state index contributed by atoms with van der Waals surface area (Å²) >= 11 is 0. The fourth-order valence-electron chi connectivity index (χ4n) is 6.23. The molecule has 3 N–H and O–H groups in total. The summed E-state index contributed by atoms with van der Waals surface area (Å²) in [5.41, 5.74) is 9.06. The predicted molar refractivity (Wildman–Crippen MR) is 155 cm³/mol. The molecule has 1 aliphatic carbocycles. The van der Waals surface area contributed by atoms with Gasteiger partial charge in [-0.3, -0.25) is 9.59 Å². The molecule has 5 rings (SSSR count). The lowest BCUT2D eigenvalue weighted by Crippen LogP contribution is -2.54. The highest BCUT2D eigenvalue weighted by molar-refractivity contribution is 6.07. The summed E-state index contributed by atoms with van der Waals surface area (Å²) in [5, 5.41) is 16.2. The van der Waals surface area contributed by atoms with Crippen LogP contribution in [0.25, 0.3) is 0 Å². The van der Waals surface area contributed by atoms with Crippen LogP contribution in [0.4, 0.5) is 0 Å². The summed E-state index contributed by atoms with van der Waals surface area (Å²) in [6.45, 7) is 1.07. The van der Waals surface area contributed by atoms with Gasteiger partial charge < -0.3 is 25.2 Å². The number of hydrogen-bond donors (Lipinski definition) is 2. The van der Waals surface area contributed by atoms with E-state index in [9.17, 15) is 14.7 Å². The fraction of sp³-hybridized carbons (Fsp3) is 0.500. The van der Waals surface area contributed by atoms with E-state index in [1.165, 1.54) is 0 Å². The number of benzene rings is 2. The number of hydrazone groups is 1. The molecule has 0 radical (unpaired) electrons. The average molecular weight is 571 g/mol. The van der Waals surface area contributed by atoms with Gasteiger partial charge in [-0.2, -0.15) is 5.10 Å². The molecule has 1 saturated heterocycles. The number of nitrogens with two attached hydrogens (primary N) is 1. The van der Waals surface area contributed by atoms with Crippen molar-refractivity contribution in [2.24, 2.45) is 22.7 Å². The van der Waals surface area contributed by atoms with Gasteiger partial charge >= 0.3 is 0 Å². The molecule has 2 fully saturated rings. The van der Waals surface area contributed by atoms with E-state index in [0.717, 1.165) is 42.5 Å². The molecule has 2 heterocycles. The molecule has 2 aliphatic heterocycles. The smallest absolute Gasteiger partial charge is 0.246 e. The maximum atomic E-state index is 13.7. The van der Waals surface area contributed by atoms with E-state index in [2.05, 4.69) is 0 Å². The van der Waals surface area contributed by atoms with Crippen molar-refractivity contribution in [3.05, 3.63) is 53.6 Å². The number of ether oxygens (including phenoxy) is 2. The van der Waals surface area contributed by atoms with Gasteiger partial charge in [-0.15, -0.1) is 12.4 Å². The summed E-state index contributed by atoms with van der Waals surface area (Å²) in [6, 6.07) is 11.9. The van der Waals surface area contributed by atoms with E-state index in [1.807, 2.05) is 18.2 Å². The quantitative estimate of drug-likeness (QED) is 0.523. The lowest BCUT2D eigenvalue weighted by molar-refractivity contribution is -0.143. The number of phenols is 1. The van der Waals surface area contributed by atoms with Crippen LogP contribution >= 0.6 is 12.4 Å². The first-order chi connectivity index (χ1) is 18.9. The normalized spacial score (nSPS) is 22.1. The number of phenolic OH excluding ortho intramolecular Hbond substituents is 1. The van der Waals surface area contributed by atoms with Gasteiger partial charge in [0.2, 0.25) is 11.8 Å². The van der Waals surface area contributed by atoms with Gasteiger partial charge in [0.05, 0.1) is 32.0 Å². The molecule has 0 bridgehead atoms. The van der Waals surface area contributed by atoms with Crippen LogP contribution in [-0.4, -0.2) is 71.9 Å². The van der Waals surface area contributed by atoms with Crippen molar-refractivity contribution in [1.82, 2.24) is 9.91 Å². The third kappa shape index (κ3) is 6.05. The standard InChI is InChI=1S/C30H38N4O5.ClH/c1-38-26-12-9-20(18-27(26)39-2)28-23-5-3-4-6-24(23)29(36)34(32-28)21-13-15-33(16-14-21)30(37)25(31)17-19-7-10-22(35)11-8-19;/h7-12,18,21,23-25,35H,3-6,13-17,31H2,1-2H3;1H/t23-,24+,25+;/m0./s1. The topological polar surface area (TPSA) is 118 Å². The van der Waals surface area contributed by atoms with Crippen LogP contribution in [0, 0.1) is 11.8 Å². The molecule has 10 heteroatoms. The van der Waals surface area contributed by atoms with Crippen molar-refractivity contribution in [2.45, 2.75) is 57.0 Å². The zero-order valence-corrected chi connectivity index (χ0v) is 23.9. The Balaban J connectivity index is 0.00000370. The van der Waals surface area contributed by atoms with Gasteiger partial charge in [-0.05, 0) is 68.0 Å². The van der Waals surface area contributed by atoms with E-state index >= 15 is 0 Å². The molecule has 0 aromatic heterocycles. The number of fused-ring (bicyclic) bond motifs is 1. The van der Waals surface area contributed by atoms with E-state index < -0.39 is 6.04 Å². The van der Waals surface area contributed by atoms with Crippen LogP contribution in [0.15, 0.2) is 47.6 Å². The molecule has 9 nitrogen and oxygen atoms in total. The highest BCUT2D eigenvalue weighted by atomic mass is 35.5. The van der Waals surface area contributed by atoms with E-state index in [4.69, 9.17) is 20.3 Å². The van der Waals surface area contributed by atoms with Crippen LogP contribution in [-0.2, 0) is 16.0 Å². The second-order valence-electron chi connectivity index (χ2n) is 10.8. The van der Waals surface area contributed by atoms with Crippen LogP contribution in [0.3, 0.4) is 0 Å². The van der Waals surface area contributed by atoms with Crippen LogP contribution < -0.4 is 15.2 Å². The number of likely N-dealkylation sites (tertiary alicyclic amines) is 1. The number of halogens is 1. The molecule has 216 valence electrons. The van der Waals surface area contributed by atoms with Gasteiger partial charge in [-0.1, -0.05) is 25.0 Å². The molecule has 0 unspecified atom stereocenters. The number of methoxy groups -OCH3 is 2. The molecule has 40 heavy (non-hydrogen) atoms.